The Morgan fingerprint density at radius 2 is 1.12 bits per heavy atom. The lowest BCUT2D eigenvalue weighted by molar-refractivity contribution is 0.660. The summed E-state index contributed by atoms with van der Waals surface area (Å²) in [5.74, 6) is 0. The van der Waals surface area contributed by atoms with Gasteiger partial charge in [-0.2, -0.15) is 0 Å². The molecule has 8 aromatic carbocycles. The molecule has 51 heavy (non-hydrogen) atoms. The second-order valence-corrected chi connectivity index (χ2v) is 15.2. The van der Waals surface area contributed by atoms with Crippen LogP contribution >= 0.6 is 11.3 Å². The molecule has 0 spiro atoms. The van der Waals surface area contributed by atoms with Gasteiger partial charge in [-0.15, -0.1) is 11.3 Å². The van der Waals surface area contributed by atoms with Crippen LogP contribution in [0.2, 0.25) is 0 Å². The van der Waals surface area contributed by atoms with Crippen LogP contribution in [0.25, 0.3) is 64.3 Å². The molecule has 0 atom stereocenters. The van der Waals surface area contributed by atoms with Crippen molar-refractivity contribution < 1.29 is 0 Å². The van der Waals surface area contributed by atoms with Crippen molar-refractivity contribution in [2.45, 2.75) is 19.3 Å². The third-order valence-corrected chi connectivity index (χ3v) is 12.0. The zero-order valence-corrected chi connectivity index (χ0v) is 29.4. The van der Waals surface area contributed by atoms with Crippen molar-refractivity contribution in [2.24, 2.45) is 0 Å². The highest BCUT2D eigenvalue weighted by Gasteiger charge is 2.36. The molecule has 1 aliphatic rings. The largest absolute Gasteiger partial charge is 0.310 e. The molecule has 0 aliphatic heterocycles. The molecule has 2 heteroatoms. The summed E-state index contributed by atoms with van der Waals surface area (Å²) < 4.78 is 2.61. The molecule has 0 N–H and O–H groups in total. The third kappa shape index (κ3) is 4.75. The molecular formula is C49H35NS. The van der Waals surface area contributed by atoms with E-state index >= 15 is 0 Å². The lowest BCUT2D eigenvalue weighted by Gasteiger charge is -2.30. The van der Waals surface area contributed by atoms with Crippen LogP contribution in [-0.4, -0.2) is 0 Å². The Morgan fingerprint density at radius 1 is 0.451 bits per heavy atom. The Kier molecular flexibility index (Phi) is 6.78. The van der Waals surface area contributed by atoms with E-state index in [0.717, 1.165) is 11.4 Å². The normalized spacial score (nSPS) is 13.1. The molecule has 1 heterocycles. The van der Waals surface area contributed by atoms with E-state index in [9.17, 15) is 0 Å². The Hall–Kier alpha value is -5.96. The van der Waals surface area contributed by atoms with Gasteiger partial charge in [-0.3, -0.25) is 0 Å². The Labute approximate surface area is 302 Å². The zero-order valence-electron chi connectivity index (χ0n) is 28.6. The van der Waals surface area contributed by atoms with E-state index in [1.807, 2.05) is 11.3 Å². The Morgan fingerprint density at radius 3 is 1.98 bits per heavy atom. The third-order valence-electron chi connectivity index (χ3n) is 10.9. The Bertz CT molecular complexity index is 2770. The number of hydrogen-bond donors (Lipinski definition) is 0. The molecule has 1 aromatic heterocycles. The van der Waals surface area contributed by atoms with E-state index in [1.54, 1.807) is 0 Å². The molecule has 9 aromatic rings. The van der Waals surface area contributed by atoms with Crippen LogP contribution in [0.3, 0.4) is 0 Å². The fraction of sp³-hybridized carbons (Fsp3) is 0.0612. The quantitative estimate of drug-likeness (QED) is 0.176. The molecule has 0 unspecified atom stereocenters. The van der Waals surface area contributed by atoms with Crippen molar-refractivity contribution in [3.63, 3.8) is 0 Å². The number of hydrogen-bond acceptors (Lipinski definition) is 2. The summed E-state index contributed by atoms with van der Waals surface area (Å²) in [6, 6.07) is 65.0. The molecular weight excluding hydrogens is 635 g/mol. The van der Waals surface area contributed by atoms with E-state index < -0.39 is 0 Å². The van der Waals surface area contributed by atoms with Gasteiger partial charge in [-0.05, 0) is 98.2 Å². The molecule has 0 amide bonds. The average molecular weight is 670 g/mol. The highest BCUT2D eigenvalue weighted by molar-refractivity contribution is 7.26. The molecule has 1 nitrogen and oxygen atoms in total. The summed E-state index contributed by atoms with van der Waals surface area (Å²) in [5, 5.41) is 5.10. The predicted octanol–water partition coefficient (Wildman–Crippen LogP) is 14.3. The summed E-state index contributed by atoms with van der Waals surface area (Å²) in [6.45, 7) is 4.73. The number of anilines is 3. The van der Waals surface area contributed by atoms with Crippen LogP contribution in [0.15, 0.2) is 176 Å². The van der Waals surface area contributed by atoms with Gasteiger partial charge in [0.15, 0.2) is 0 Å². The lowest BCUT2D eigenvalue weighted by atomic mass is 9.82. The first-order valence-electron chi connectivity index (χ1n) is 17.7. The van der Waals surface area contributed by atoms with Gasteiger partial charge in [0.25, 0.3) is 0 Å². The minimum absolute atomic E-state index is 0.112. The molecule has 0 saturated heterocycles. The van der Waals surface area contributed by atoms with Crippen molar-refractivity contribution in [1.29, 1.82) is 0 Å². The second-order valence-electron chi connectivity index (χ2n) is 14.1. The molecule has 1 aliphatic carbocycles. The van der Waals surface area contributed by atoms with E-state index in [4.69, 9.17) is 0 Å². The number of fused-ring (bicyclic) bond motifs is 7. The van der Waals surface area contributed by atoms with Crippen molar-refractivity contribution >= 4 is 59.3 Å². The maximum Gasteiger partial charge on any atom is 0.0547 e. The maximum atomic E-state index is 2.49. The van der Waals surface area contributed by atoms with Gasteiger partial charge in [0.1, 0.15) is 0 Å². The smallest absolute Gasteiger partial charge is 0.0547 e. The van der Waals surface area contributed by atoms with Gasteiger partial charge in [0, 0.05) is 42.5 Å². The van der Waals surface area contributed by atoms with Crippen LogP contribution < -0.4 is 4.90 Å². The van der Waals surface area contributed by atoms with Gasteiger partial charge in [0.2, 0.25) is 0 Å². The SMILES string of the molecule is CC1(C)c2ccccc2-c2ccc(N(c3ccc(-c4ccccc4)cc3)c3ccc4sc5ccccc5c4c3-c3ccc4ccccc4c3)cc21. The molecule has 10 rings (SSSR count). The van der Waals surface area contributed by atoms with Crippen LogP contribution in [0.1, 0.15) is 25.0 Å². The van der Waals surface area contributed by atoms with Crippen molar-refractivity contribution in [2.75, 3.05) is 4.90 Å². The predicted molar refractivity (Wildman–Crippen MR) is 220 cm³/mol. The summed E-state index contributed by atoms with van der Waals surface area (Å²) in [5.41, 5.74) is 13.7. The molecule has 242 valence electrons. The fourth-order valence-corrected chi connectivity index (χ4v) is 9.43. The number of nitrogens with zero attached hydrogens (tertiary/aromatic N) is 1. The van der Waals surface area contributed by atoms with Gasteiger partial charge in [-0.1, -0.05) is 141 Å². The summed E-state index contributed by atoms with van der Waals surface area (Å²) >= 11 is 1.88. The van der Waals surface area contributed by atoms with Crippen LogP contribution in [0.5, 0.6) is 0 Å². The van der Waals surface area contributed by atoms with E-state index in [-0.39, 0.29) is 5.41 Å². The highest BCUT2D eigenvalue weighted by atomic mass is 32.1. The average Bonchev–Trinajstić information content (AvgIpc) is 3.67. The molecule has 0 saturated carbocycles. The lowest BCUT2D eigenvalue weighted by Crippen LogP contribution is -2.17. The van der Waals surface area contributed by atoms with Crippen LogP contribution in [0.4, 0.5) is 17.1 Å². The number of thiophene rings is 1. The molecule has 0 fully saturated rings. The zero-order chi connectivity index (χ0) is 34.1. The first-order valence-corrected chi connectivity index (χ1v) is 18.5. The van der Waals surface area contributed by atoms with Crippen molar-refractivity contribution in [1.82, 2.24) is 0 Å². The topological polar surface area (TPSA) is 3.24 Å². The molecule has 0 radical (unpaired) electrons. The highest BCUT2D eigenvalue weighted by Crippen LogP contribution is 2.53. The first kappa shape index (κ1) is 29.9. The first-order chi connectivity index (χ1) is 25.0. The van der Waals surface area contributed by atoms with Gasteiger partial charge >= 0.3 is 0 Å². The minimum atomic E-state index is -0.112. The van der Waals surface area contributed by atoms with Crippen molar-refractivity contribution in [3.8, 4) is 33.4 Å². The van der Waals surface area contributed by atoms with E-state index in [2.05, 4.69) is 195 Å². The summed E-state index contributed by atoms with van der Waals surface area (Å²) in [4.78, 5) is 2.49. The fourth-order valence-electron chi connectivity index (χ4n) is 8.32. The van der Waals surface area contributed by atoms with E-state index in [0.29, 0.717) is 0 Å². The minimum Gasteiger partial charge on any atom is -0.310 e. The van der Waals surface area contributed by atoms with Crippen LogP contribution in [0, 0.1) is 0 Å². The standard InChI is InChI=1S/C49H35NS/c1-49(2)42-18-10-8-16-39(42)40-27-26-38(31-43(40)49)50(37-24-22-34(23-25-37)32-12-4-3-5-13-32)44-28-29-46-48(41-17-9-11-19-45(41)51-46)47(44)36-21-20-33-14-6-7-15-35(33)30-36/h3-31H,1-2H3. The van der Waals surface area contributed by atoms with E-state index in [1.165, 1.54) is 81.1 Å². The number of benzene rings is 8. The van der Waals surface area contributed by atoms with Gasteiger partial charge in [-0.25, -0.2) is 0 Å². The maximum absolute atomic E-state index is 2.49. The monoisotopic (exact) mass is 669 g/mol. The Balaban J connectivity index is 1.26. The van der Waals surface area contributed by atoms with Crippen molar-refractivity contribution in [3.05, 3.63) is 187 Å². The van der Waals surface area contributed by atoms with Gasteiger partial charge < -0.3 is 4.90 Å². The summed E-state index contributed by atoms with van der Waals surface area (Å²) in [7, 11) is 0. The molecule has 0 bridgehead atoms. The summed E-state index contributed by atoms with van der Waals surface area (Å²) in [6.07, 6.45) is 0. The number of rotatable bonds is 5. The second kappa shape index (κ2) is 11.6. The van der Waals surface area contributed by atoms with Crippen LogP contribution in [-0.2, 0) is 5.41 Å². The van der Waals surface area contributed by atoms with Gasteiger partial charge in [0.05, 0.1) is 5.69 Å².